The molecule has 1 atom stereocenters. The number of carbonyl (C=O) groups is 1. The van der Waals surface area contributed by atoms with Gasteiger partial charge in [-0.3, -0.25) is 4.79 Å². The second-order valence-corrected chi connectivity index (χ2v) is 4.77. The van der Waals surface area contributed by atoms with E-state index in [2.05, 4.69) is 13.8 Å². The maximum atomic E-state index is 10.4. The average molecular weight is 252 g/mol. The Morgan fingerprint density at radius 2 is 2.00 bits per heavy atom. The van der Waals surface area contributed by atoms with Gasteiger partial charge in [-0.15, -0.1) is 0 Å². The minimum absolute atomic E-state index is 0.00140. The first kappa shape index (κ1) is 14.5. The molecule has 0 amide bonds. The third-order valence-electron chi connectivity index (χ3n) is 2.44. The van der Waals surface area contributed by atoms with Crippen molar-refractivity contribution in [2.24, 2.45) is 5.92 Å². The molecule has 4 heteroatoms. The van der Waals surface area contributed by atoms with Crippen LogP contribution in [0, 0.1) is 5.92 Å². The van der Waals surface area contributed by atoms with Crippen molar-refractivity contribution in [2.75, 3.05) is 6.61 Å². The molecule has 0 spiro atoms. The number of rotatable bonds is 7. The minimum Gasteiger partial charge on any atom is -0.491 e. The van der Waals surface area contributed by atoms with E-state index in [1.165, 1.54) is 0 Å². The van der Waals surface area contributed by atoms with Gasteiger partial charge in [0, 0.05) is 0 Å². The van der Waals surface area contributed by atoms with E-state index in [0.29, 0.717) is 5.92 Å². The lowest BCUT2D eigenvalue weighted by molar-refractivity contribution is -0.139. The molecule has 1 aromatic rings. The van der Waals surface area contributed by atoms with Gasteiger partial charge in [0.25, 0.3) is 0 Å². The normalized spacial score (nSPS) is 12.4. The lowest BCUT2D eigenvalue weighted by Crippen LogP contribution is -2.21. The zero-order valence-electron chi connectivity index (χ0n) is 10.8. The highest BCUT2D eigenvalue weighted by atomic mass is 16.5. The molecule has 18 heavy (non-hydrogen) atoms. The van der Waals surface area contributed by atoms with E-state index in [-0.39, 0.29) is 13.0 Å². The first-order chi connectivity index (χ1) is 8.49. The van der Waals surface area contributed by atoms with E-state index < -0.39 is 12.1 Å². The van der Waals surface area contributed by atoms with Crippen molar-refractivity contribution in [3.63, 3.8) is 0 Å². The quantitative estimate of drug-likeness (QED) is 0.780. The van der Waals surface area contributed by atoms with E-state index in [0.717, 1.165) is 17.7 Å². The number of para-hydroxylation sites is 1. The van der Waals surface area contributed by atoms with Gasteiger partial charge in [0.15, 0.2) is 0 Å². The Morgan fingerprint density at radius 3 is 2.61 bits per heavy atom. The molecule has 0 aromatic heterocycles. The van der Waals surface area contributed by atoms with Crippen LogP contribution in [0.3, 0.4) is 0 Å². The summed E-state index contributed by atoms with van der Waals surface area (Å²) in [5, 5.41) is 18.0. The maximum Gasteiger partial charge on any atom is 0.306 e. The summed E-state index contributed by atoms with van der Waals surface area (Å²) in [5.41, 5.74) is 1.08. The number of hydrogen-bond acceptors (Lipinski definition) is 3. The molecule has 0 heterocycles. The van der Waals surface area contributed by atoms with Gasteiger partial charge in [-0.2, -0.15) is 0 Å². The van der Waals surface area contributed by atoms with Gasteiger partial charge in [-0.1, -0.05) is 32.0 Å². The Balaban J connectivity index is 2.58. The number of benzene rings is 1. The van der Waals surface area contributed by atoms with Crippen LogP contribution >= 0.6 is 0 Å². The van der Waals surface area contributed by atoms with Gasteiger partial charge in [0.2, 0.25) is 0 Å². The first-order valence-corrected chi connectivity index (χ1v) is 6.09. The molecule has 1 rings (SSSR count). The molecule has 0 aliphatic carbocycles. The predicted molar refractivity (Wildman–Crippen MR) is 68.7 cm³/mol. The van der Waals surface area contributed by atoms with Gasteiger partial charge >= 0.3 is 5.97 Å². The van der Waals surface area contributed by atoms with Gasteiger partial charge in [-0.25, -0.2) is 0 Å². The number of ether oxygens (including phenoxy) is 1. The van der Waals surface area contributed by atoms with Crippen molar-refractivity contribution in [1.82, 2.24) is 0 Å². The summed E-state index contributed by atoms with van der Waals surface area (Å²) < 4.78 is 5.49. The molecule has 2 N–H and O–H groups in total. The Morgan fingerprint density at radius 1 is 1.33 bits per heavy atom. The largest absolute Gasteiger partial charge is 0.491 e. The minimum atomic E-state index is -1.03. The summed E-state index contributed by atoms with van der Waals surface area (Å²) in [6, 6.07) is 7.63. The van der Waals surface area contributed by atoms with Gasteiger partial charge < -0.3 is 14.9 Å². The van der Waals surface area contributed by atoms with Gasteiger partial charge in [0.05, 0.1) is 12.5 Å². The fourth-order valence-corrected chi connectivity index (χ4v) is 1.70. The Hall–Kier alpha value is -1.55. The number of carboxylic acid groups (broad SMARTS) is 1. The zero-order chi connectivity index (χ0) is 13.5. The number of carboxylic acids is 1. The molecular weight excluding hydrogens is 232 g/mol. The Labute approximate surface area is 107 Å². The van der Waals surface area contributed by atoms with Crippen LogP contribution in [0.5, 0.6) is 5.75 Å². The smallest absolute Gasteiger partial charge is 0.306 e. The summed E-state index contributed by atoms with van der Waals surface area (Å²) in [6.07, 6.45) is -0.382. The van der Waals surface area contributed by atoms with E-state index in [4.69, 9.17) is 9.84 Å². The Bertz CT molecular complexity index is 387. The van der Waals surface area contributed by atoms with Crippen LogP contribution < -0.4 is 4.74 Å². The average Bonchev–Trinajstić information content (AvgIpc) is 2.26. The van der Waals surface area contributed by atoms with E-state index >= 15 is 0 Å². The van der Waals surface area contributed by atoms with Crippen molar-refractivity contribution in [2.45, 2.75) is 32.8 Å². The number of aliphatic hydroxyl groups excluding tert-OH is 1. The maximum absolute atomic E-state index is 10.4. The first-order valence-electron chi connectivity index (χ1n) is 6.09. The summed E-state index contributed by atoms with van der Waals surface area (Å²) >= 11 is 0. The highest BCUT2D eigenvalue weighted by molar-refractivity contribution is 5.67. The van der Waals surface area contributed by atoms with Crippen LogP contribution in [0.4, 0.5) is 0 Å². The SMILES string of the molecule is CC(C)Cc1ccccc1OC[C@@H](O)CC(=O)O. The van der Waals surface area contributed by atoms with Crippen LogP contribution in [-0.4, -0.2) is 28.9 Å². The lowest BCUT2D eigenvalue weighted by Gasteiger charge is -2.15. The van der Waals surface area contributed by atoms with Crippen molar-refractivity contribution >= 4 is 5.97 Å². The zero-order valence-corrected chi connectivity index (χ0v) is 10.8. The second kappa shape index (κ2) is 7.01. The summed E-state index contributed by atoms with van der Waals surface area (Å²) in [4.78, 5) is 10.4. The van der Waals surface area contributed by atoms with Gasteiger partial charge in [0.1, 0.15) is 12.4 Å². The Kier molecular flexibility index (Phi) is 5.65. The predicted octanol–water partition coefficient (Wildman–Crippen LogP) is 2.10. The third-order valence-corrected chi connectivity index (χ3v) is 2.44. The molecular formula is C14H20O4. The highest BCUT2D eigenvalue weighted by Crippen LogP contribution is 2.21. The number of hydrogen-bond donors (Lipinski definition) is 2. The summed E-state index contributed by atoms with van der Waals surface area (Å²) in [6.45, 7) is 4.24. The van der Waals surface area contributed by atoms with E-state index in [1.807, 2.05) is 24.3 Å². The molecule has 0 saturated carbocycles. The highest BCUT2D eigenvalue weighted by Gasteiger charge is 2.12. The molecule has 4 nitrogen and oxygen atoms in total. The van der Waals surface area contributed by atoms with Gasteiger partial charge in [-0.05, 0) is 24.0 Å². The molecule has 1 aromatic carbocycles. The van der Waals surface area contributed by atoms with Crippen LogP contribution in [0.1, 0.15) is 25.8 Å². The standard InChI is InChI=1S/C14H20O4/c1-10(2)7-11-5-3-4-6-13(11)18-9-12(15)8-14(16)17/h3-6,10,12,15H,7-9H2,1-2H3,(H,16,17)/t12-/m0/s1. The summed E-state index contributed by atoms with van der Waals surface area (Å²) in [7, 11) is 0. The van der Waals surface area contributed by atoms with E-state index in [1.54, 1.807) is 0 Å². The van der Waals surface area contributed by atoms with Crippen molar-refractivity contribution in [3.8, 4) is 5.75 Å². The molecule has 0 radical (unpaired) electrons. The molecule has 0 unspecified atom stereocenters. The van der Waals surface area contributed by atoms with E-state index in [9.17, 15) is 9.90 Å². The van der Waals surface area contributed by atoms with Crippen LogP contribution in [0.15, 0.2) is 24.3 Å². The fraction of sp³-hybridized carbons (Fsp3) is 0.500. The fourth-order valence-electron chi connectivity index (χ4n) is 1.70. The third kappa shape index (κ3) is 5.19. The van der Waals surface area contributed by atoms with Crippen LogP contribution in [0.2, 0.25) is 0 Å². The second-order valence-electron chi connectivity index (χ2n) is 4.77. The monoisotopic (exact) mass is 252 g/mol. The van der Waals surface area contributed by atoms with Crippen molar-refractivity contribution < 1.29 is 19.7 Å². The molecule has 0 bridgehead atoms. The molecule has 0 aliphatic rings. The molecule has 0 fully saturated rings. The lowest BCUT2D eigenvalue weighted by atomic mass is 10.0. The molecule has 0 aliphatic heterocycles. The van der Waals surface area contributed by atoms with Crippen molar-refractivity contribution in [1.29, 1.82) is 0 Å². The summed E-state index contributed by atoms with van der Waals surface area (Å²) in [5.74, 6) is 0.205. The number of aliphatic hydroxyl groups is 1. The van der Waals surface area contributed by atoms with Crippen LogP contribution in [0.25, 0.3) is 0 Å². The number of aliphatic carboxylic acids is 1. The van der Waals surface area contributed by atoms with Crippen molar-refractivity contribution in [3.05, 3.63) is 29.8 Å². The van der Waals surface area contributed by atoms with Crippen LogP contribution in [-0.2, 0) is 11.2 Å². The topological polar surface area (TPSA) is 66.8 Å². The molecule has 100 valence electrons. The molecule has 0 saturated heterocycles.